The van der Waals surface area contributed by atoms with Crippen LogP contribution in [-0.2, 0) is 4.74 Å². The molecule has 1 heterocycles. The molecule has 0 aliphatic carbocycles. The standard InChI is InChI=1S/C9H17N5O2/c1-16-5-4-11-2-3-12-8-7(10)9(15)14-6-13-8/h6,11H,2-5,10H2,1H3,(H2,12,13,14,15). The van der Waals surface area contributed by atoms with Gasteiger partial charge in [-0.25, -0.2) is 4.98 Å². The molecule has 0 amide bonds. The SMILES string of the molecule is COCCNCCNc1nc[nH]c(=O)c1N. The van der Waals surface area contributed by atoms with Gasteiger partial charge in [-0.3, -0.25) is 4.79 Å². The van der Waals surface area contributed by atoms with Crippen molar-refractivity contribution in [3.63, 3.8) is 0 Å². The number of H-pyrrole nitrogens is 1. The largest absolute Gasteiger partial charge is 0.391 e. The lowest BCUT2D eigenvalue weighted by atomic mass is 10.4. The Balaban J connectivity index is 2.27. The van der Waals surface area contributed by atoms with Gasteiger partial charge >= 0.3 is 0 Å². The highest BCUT2D eigenvalue weighted by atomic mass is 16.5. The fourth-order valence-electron chi connectivity index (χ4n) is 1.12. The van der Waals surface area contributed by atoms with Gasteiger partial charge < -0.3 is 26.1 Å². The third-order valence-electron chi connectivity index (χ3n) is 1.97. The number of ether oxygens (including phenoxy) is 1. The number of nitrogens with one attached hydrogen (secondary N) is 3. The lowest BCUT2D eigenvalue weighted by Crippen LogP contribution is -2.26. The van der Waals surface area contributed by atoms with Crippen LogP contribution in [0.4, 0.5) is 11.5 Å². The Bertz CT molecular complexity index is 365. The molecule has 0 atom stereocenters. The van der Waals surface area contributed by atoms with E-state index in [0.29, 0.717) is 19.0 Å². The zero-order valence-corrected chi connectivity index (χ0v) is 9.25. The van der Waals surface area contributed by atoms with Gasteiger partial charge in [0.2, 0.25) is 0 Å². The first kappa shape index (κ1) is 12.5. The molecule has 0 bridgehead atoms. The van der Waals surface area contributed by atoms with Crippen LogP contribution in [0.25, 0.3) is 0 Å². The fourth-order valence-corrected chi connectivity index (χ4v) is 1.12. The summed E-state index contributed by atoms with van der Waals surface area (Å²) in [4.78, 5) is 17.4. The maximum absolute atomic E-state index is 11.1. The highest BCUT2D eigenvalue weighted by Gasteiger charge is 2.02. The average Bonchev–Trinajstić information content (AvgIpc) is 2.29. The first-order valence-electron chi connectivity index (χ1n) is 5.02. The molecule has 0 fully saturated rings. The normalized spacial score (nSPS) is 10.3. The Hall–Kier alpha value is -1.60. The van der Waals surface area contributed by atoms with Crippen LogP contribution < -0.4 is 21.9 Å². The summed E-state index contributed by atoms with van der Waals surface area (Å²) in [6, 6.07) is 0. The van der Waals surface area contributed by atoms with Crippen LogP contribution in [0.15, 0.2) is 11.1 Å². The molecule has 1 rings (SSSR count). The van der Waals surface area contributed by atoms with E-state index in [9.17, 15) is 4.79 Å². The summed E-state index contributed by atoms with van der Waals surface area (Å²) in [5, 5.41) is 6.12. The fraction of sp³-hybridized carbons (Fsp3) is 0.556. The minimum absolute atomic E-state index is 0.111. The molecule has 0 radical (unpaired) electrons. The van der Waals surface area contributed by atoms with Crippen molar-refractivity contribution in [2.45, 2.75) is 0 Å². The van der Waals surface area contributed by atoms with Crippen LogP contribution in [0, 0.1) is 0 Å². The van der Waals surface area contributed by atoms with Crippen LogP contribution in [0.1, 0.15) is 0 Å². The predicted molar refractivity (Wildman–Crippen MR) is 62.5 cm³/mol. The third kappa shape index (κ3) is 3.87. The highest BCUT2D eigenvalue weighted by molar-refractivity contribution is 5.58. The van der Waals surface area contributed by atoms with Gasteiger partial charge in [-0.2, -0.15) is 0 Å². The number of nitrogen functional groups attached to an aromatic ring is 1. The van der Waals surface area contributed by atoms with E-state index in [1.165, 1.54) is 6.33 Å². The van der Waals surface area contributed by atoms with Gasteiger partial charge in [0.1, 0.15) is 5.69 Å². The molecule has 0 spiro atoms. The van der Waals surface area contributed by atoms with Crippen LogP contribution in [-0.4, -0.2) is 43.3 Å². The van der Waals surface area contributed by atoms with Crippen LogP contribution in [0.2, 0.25) is 0 Å². The van der Waals surface area contributed by atoms with Crippen molar-refractivity contribution in [2.75, 3.05) is 44.4 Å². The molecule has 0 aromatic carbocycles. The molecular formula is C9H17N5O2. The number of aromatic amines is 1. The van der Waals surface area contributed by atoms with Crippen molar-refractivity contribution < 1.29 is 4.74 Å². The zero-order chi connectivity index (χ0) is 11.8. The van der Waals surface area contributed by atoms with E-state index in [1.54, 1.807) is 7.11 Å². The molecule has 0 aliphatic heterocycles. The van der Waals surface area contributed by atoms with E-state index in [1.807, 2.05) is 0 Å². The molecule has 16 heavy (non-hydrogen) atoms. The minimum atomic E-state index is -0.329. The Labute approximate surface area is 93.4 Å². The molecule has 0 aliphatic rings. The molecular weight excluding hydrogens is 210 g/mol. The number of nitrogens with zero attached hydrogens (tertiary/aromatic N) is 1. The summed E-state index contributed by atoms with van der Waals surface area (Å²) in [6.07, 6.45) is 1.32. The maximum Gasteiger partial charge on any atom is 0.276 e. The van der Waals surface area contributed by atoms with Gasteiger partial charge in [0, 0.05) is 26.7 Å². The third-order valence-corrected chi connectivity index (χ3v) is 1.97. The Morgan fingerprint density at radius 3 is 3.06 bits per heavy atom. The van der Waals surface area contributed by atoms with Gasteiger partial charge in [-0.1, -0.05) is 0 Å². The summed E-state index contributed by atoms with van der Waals surface area (Å²) in [5.41, 5.74) is 5.32. The molecule has 5 N–H and O–H groups in total. The zero-order valence-electron chi connectivity index (χ0n) is 9.25. The lowest BCUT2D eigenvalue weighted by molar-refractivity contribution is 0.200. The minimum Gasteiger partial charge on any atom is -0.391 e. The molecule has 0 saturated heterocycles. The van der Waals surface area contributed by atoms with Gasteiger partial charge in [0.05, 0.1) is 12.9 Å². The van der Waals surface area contributed by atoms with Gasteiger partial charge in [-0.15, -0.1) is 0 Å². The summed E-state index contributed by atoms with van der Waals surface area (Å²) < 4.78 is 4.88. The lowest BCUT2D eigenvalue weighted by Gasteiger charge is -2.07. The van der Waals surface area contributed by atoms with Gasteiger partial charge in [0.25, 0.3) is 5.56 Å². The van der Waals surface area contributed by atoms with Crippen molar-refractivity contribution in [3.8, 4) is 0 Å². The number of methoxy groups -OCH3 is 1. The van der Waals surface area contributed by atoms with Crippen molar-refractivity contribution >= 4 is 11.5 Å². The van der Waals surface area contributed by atoms with E-state index in [4.69, 9.17) is 10.5 Å². The molecule has 1 aromatic heterocycles. The van der Waals surface area contributed by atoms with E-state index in [2.05, 4.69) is 20.6 Å². The monoisotopic (exact) mass is 227 g/mol. The van der Waals surface area contributed by atoms with Crippen LogP contribution >= 0.6 is 0 Å². The molecule has 0 unspecified atom stereocenters. The van der Waals surface area contributed by atoms with E-state index < -0.39 is 0 Å². The predicted octanol–water partition coefficient (Wildman–Crippen LogP) is -1.000. The summed E-state index contributed by atoms with van der Waals surface area (Å²) in [6.45, 7) is 2.85. The number of rotatable bonds is 7. The Morgan fingerprint density at radius 1 is 1.50 bits per heavy atom. The quantitative estimate of drug-likeness (QED) is 0.445. The topological polar surface area (TPSA) is 105 Å². The maximum atomic E-state index is 11.1. The highest BCUT2D eigenvalue weighted by Crippen LogP contribution is 2.05. The molecule has 1 aromatic rings. The van der Waals surface area contributed by atoms with Crippen molar-refractivity contribution in [1.82, 2.24) is 15.3 Å². The number of nitrogens with two attached hydrogens (primary N) is 1. The van der Waals surface area contributed by atoms with Gasteiger partial charge in [0.15, 0.2) is 5.82 Å². The van der Waals surface area contributed by atoms with Crippen LogP contribution in [0.3, 0.4) is 0 Å². The first-order chi connectivity index (χ1) is 7.75. The molecule has 7 heteroatoms. The molecule has 0 saturated carbocycles. The van der Waals surface area contributed by atoms with E-state index >= 15 is 0 Å². The second-order valence-electron chi connectivity index (χ2n) is 3.16. The van der Waals surface area contributed by atoms with Crippen LogP contribution in [0.5, 0.6) is 0 Å². The van der Waals surface area contributed by atoms with Crippen molar-refractivity contribution in [2.24, 2.45) is 0 Å². The Morgan fingerprint density at radius 2 is 2.31 bits per heavy atom. The Kier molecular flexibility index (Phi) is 5.30. The smallest absolute Gasteiger partial charge is 0.276 e. The van der Waals surface area contributed by atoms with Gasteiger partial charge in [-0.05, 0) is 0 Å². The number of aromatic nitrogens is 2. The summed E-state index contributed by atoms with van der Waals surface area (Å²) in [7, 11) is 1.65. The molecule has 7 nitrogen and oxygen atoms in total. The first-order valence-corrected chi connectivity index (χ1v) is 5.02. The summed E-state index contributed by atoms with van der Waals surface area (Å²) in [5.74, 6) is 0.414. The number of anilines is 2. The molecule has 90 valence electrons. The number of hydrogen-bond donors (Lipinski definition) is 4. The second-order valence-corrected chi connectivity index (χ2v) is 3.16. The average molecular weight is 227 g/mol. The second kappa shape index (κ2) is 6.81. The van der Waals surface area contributed by atoms with Crippen molar-refractivity contribution in [1.29, 1.82) is 0 Å². The van der Waals surface area contributed by atoms with E-state index in [-0.39, 0.29) is 11.2 Å². The number of hydrogen-bond acceptors (Lipinski definition) is 6. The summed E-state index contributed by atoms with van der Waals surface area (Å²) >= 11 is 0. The van der Waals surface area contributed by atoms with E-state index in [0.717, 1.165) is 13.1 Å². The van der Waals surface area contributed by atoms with Crippen molar-refractivity contribution in [3.05, 3.63) is 16.7 Å².